The number of aryl methyl sites for hydroxylation is 1. The van der Waals surface area contributed by atoms with E-state index in [4.69, 9.17) is 4.74 Å². The van der Waals surface area contributed by atoms with Crippen LogP contribution in [0, 0.1) is 11.7 Å². The number of nitrogens with zero attached hydrogens (tertiary/aromatic N) is 4. The highest BCUT2D eigenvalue weighted by Crippen LogP contribution is 2.16. The number of nitrogens with one attached hydrogen (secondary N) is 1. The fourth-order valence-corrected chi connectivity index (χ4v) is 3.80. The maximum atomic E-state index is 13.9. The van der Waals surface area contributed by atoms with Gasteiger partial charge in [0, 0.05) is 6.54 Å². The van der Waals surface area contributed by atoms with Gasteiger partial charge in [-0.1, -0.05) is 39.3 Å². The largest absolute Gasteiger partial charge is 0.456 e. The third-order valence-corrected chi connectivity index (χ3v) is 5.48. The van der Waals surface area contributed by atoms with E-state index in [0.717, 1.165) is 25.0 Å². The molecule has 1 aromatic carbocycles. The second-order valence-electron chi connectivity index (χ2n) is 6.55. The Morgan fingerprint density at radius 1 is 1.32 bits per heavy atom. The Hall–Kier alpha value is -2.40. The predicted octanol–water partition coefficient (Wildman–Crippen LogP) is 1.66. The van der Waals surface area contributed by atoms with Crippen molar-refractivity contribution in [2.24, 2.45) is 5.92 Å². The molecule has 11 heteroatoms. The Morgan fingerprint density at radius 2 is 2.04 bits per heavy atom. The summed E-state index contributed by atoms with van der Waals surface area (Å²) in [5.74, 6) is -1.76. The molecule has 2 aromatic rings. The molecule has 1 heterocycles. The number of hydrogen-bond donors (Lipinski definition) is 1. The fourth-order valence-electron chi connectivity index (χ4n) is 2.38. The van der Waals surface area contributed by atoms with Gasteiger partial charge in [0.15, 0.2) is 12.4 Å². The molecule has 0 aliphatic rings. The average Bonchev–Trinajstić information content (AvgIpc) is 3.09. The molecule has 0 aliphatic heterocycles. The van der Waals surface area contributed by atoms with Gasteiger partial charge in [0.2, 0.25) is 10.0 Å². The summed E-state index contributed by atoms with van der Waals surface area (Å²) in [5, 5.41) is 11.2. The van der Waals surface area contributed by atoms with E-state index in [-0.39, 0.29) is 6.61 Å². The molecule has 1 atom stereocenters. The van der Waals surface area contributed by atoms with Crippen LogP contribution in [0.2, 0.25) is 0 Å². The van der Waals surface area contributed by atoms with Gasteiger partial charge in [-0.3, -0.25) is 4.79 Å². The number of unbranched alkanes of at least 4 members (excludes halogenated alkanes) is 1. The fraction of sp³-hybridized carbons (Fsp3) is 0.529. The number of rotatable bonds is 10. The Morgan fingerprint density at radius 3 is 2.68 bits per heavy atom. The van der Waals surface area contributed by atoms with Crippen molar-refractivity contribution in [3.63, 3.8) is 0 Å². The van der Waals surface area contributed by atoms with E-state index in [0.29, 0.717) is 12.4 Å². The second-order valence-corrected chi connectivity index (χ2v) is 8.24. The molecule has 0 aliphatic carbocycles. The van der Waals surface area contributed by atoms with Crippen LogP contribution in [-0.2, 0) is 32.7 Å². The van der Waals surface area contributed by atoms with Crippen LogP contribution in [-0.4, -0.2) is 40.6 Å². The number of benzene rings is 1. The number of tetrazole rings is 1. The number of halogens is 1. The van der Waals surface area contributed by atoms with Crippen molar-refractivity contribution in [1.82, 2.24) is 24.9 Å². The smallest absolute Gasteiger partial charge is 0.324 e. The van der Waals surface area contributed by atoms with Crippen LogP contribution >= 0.6 is 0 Å². The SMILES string of the molecule is CCCCn1nnnc1COC(=O)[C@@H](NS(=O)(=O)c1ccccc1F)C(C)C. The van der Waals surface area contributed by atoms with Crippen molar-refractivity contribution < 1.29 is 22.3 Å². The number of esters is 1. The number of hydrogen-bond acceptors (Lipinski definition) is 7. The van der Waals surface area contributed by atoms with Gasteiger partial charge in [-0.15, -0.1) is 5.10 Å². The maximum absolute atomic E-state index is 13.9. The van der Waals surface area contributed by atoms with Gasteiger partial charge in [0.1, 0.15) is 16.8 Å². The Labute approximate surface area is 163 Å². The minimum absolute atomic E-state index is 0.194. The van der Waals surface area contributed by atoms with Gasteiger partial charge < -0.3 is 4.74 Å². The molecule has 2 rings (SSSR count). The van der Waals surface area contributed by atoms with Gasteiger partial charge in [0.05, 0.1) is 0 Å². The molecule has 0 unspecified atom stereocenters. The van der Waals surface area contributed by atoms with Crippen LogP contribution in [0.3, 0.4) is 0 Å². The molecular weight excluding hydrogens is 389 g/mol. The predicted molar refractivity (Wildman–Crippen MR) is 97.9 cm³/mol. The highest BCUT2D eigenvalue weighted by molar-refractivity contribution is 7.89. The molecule has 0 amide bonds. The highest BCUT2D eigenvalue weighted by Gasteiger charge is 2.31. The van der Waals surface area contributed by atoms with E-state index in [1.165, 1.54) is 16.8 Å². The topological polar surface area (TPSA) is 116 Å². The molecule has 1 N–H and O–H groups in total. The quantitative estimate of drug-likeness (QED) is 0.589. The van der Waals surface area contributed by atoms with Crippen molar-refractivity contribution >= 4 is 16.0 Å². The molecule has 0 spiro atoms. The molecule has 0 radical (unpaired) electrons. The van der Waals surface area contributed by atoms with Gasteiger partial charge in [0.25, 0.3) is 0 Å². The lowest BCUT2D eigenvalue weighted by Gasteiger charge is -2.20. The van der Waals surface area contributed by atoms with Crippen LogP contribution in [0.4, 0.5) is 4.39 Å². The number of carbonyl (C=O) groups is 1. The first-order valence-corrected chi connectivity index (χ1v) is 10.4. The molecule has 0 saturated carbocycles. The summed E-state index contributed by atoms with van der Waals surface area (Å²) in [5.41, 5.74) is 0. The number of carbonyl (C=O) groups excluding carboxylic acids is 1. The third-order valence-electron chi connectivity index (χ3n) is 4.00. The van der Waals surface area contributed by atoms with Crippen molar-refractivity contribution in [2.75, 3.05) is 0 Å². The summed E-state index contributed by atoms with van der Waals surface area (Å²) in [6, 6.07) is 3.75. The minimum Gasteiger partial charge on any atom is -0.456 e. The molecule has 0 saturated heterocycles. The van der Waals surface area contributed by atoms with Crippen LogP contribution in [0.25, 0.3) is 0 Å². The molecule has 28 heavy (non-hydrogen) atoms. The summed E-state index contributed by atoms with van der Waals surface area (Å²) < 4.78 is 47.8. The standard InChI is InChI=1S/C17H24FN5O4S/c1-4-5-10-23-15(19-21-22-23)11-27-17(24)16(12(2)3)20-28(25,26)14-9-7-6-8-13(14)18/h6-9,12,16,20H,4-5,10-11H2,1-3H3/t16-/m0/s1. The normalized spacial score (nSPS) is 12.9. The van der Waals surface area contributed by atoms with Gasteiger partial charge in [-0.25, -0.2) is 17.5 Å². The highest BCUT2D eigenvalue weighted by atomic mass is 32.2. The monoisotopic (exact) mass is 413 g/mol. The van der Waals surface area contributed by atoms with E-state index in [1.807, 2.05) is 6.92 Å². The number of aromatic nitrogens is 4. The summed E-state index contributed by atoms with van der Waals surface area (Å²) >= 11 is 0. The molecule has 0 bridgehead atoms. The first-order chi connectivity index (χ1) is 13.3. The zero-order chi connectivity index (χ0) is 20.7. The van der Waals surface area contributed by atoms with E-state index < -0.39 is 38.7 Å². The van der Waals surface area contributed by atoms with Crippen molar-refractivity contribution in [3.05, 3.63) is 35.9 Å². The zero-order valence-electron chi connectivity index (χ0n) is 16.0. The van der Waals surface area contributed by atoms with Gasteiger partial charge in [-0.05, 0) is 34.9 Å². The van der Waals surface area contributed by atoms with Gasteiger partial charge >= 0.3 is 5.97 Å². The zero-order valence-corrected chi connectivity index (χ0v) is 16.8. The molecule has 0 fully saturated rings. The van der Waals surface area contributed by atoms with Crippen LogP contribution in [0.15, 0.2) is 29.2 Å². The summed E-state index contributed by atoms with van der Waals surface area (Å²) in [4.78, 5) is 11.9. The lowest BCUT2D eigenvalue weighted by Crippen LogP contribution is -2.45. The van der Waals surface area contributed by atoms with E-state index in [1.54, 1.807) is 13.8 Å². The van der Waals surface area contributed by atoms with Crippen LogP contribution < -0.4 is 4.72 Å². The van der Waals surface area contributed by atoms with Crippen molar-refractivity contribution in [2.45, 2.75) is 57.7 Å². The van der Waals surface area contributed by atoms with Crippen LogP contribution in [0.5, 0.6) is 0 Å². The lowest BCUT2D eigenvalue weighted by atomic mass is 10.1. The third kappa shape index (κ3) is 5.55. The molecule has 9 nitrogen and oxygen atoms in total. The Bertz CT molecular complexity index is 900. The molecule has 154 valence electrons. The number of sulfonamides is 1. The molecular formula is C17H24FN5O4S. The Kier molecular flexibility index (Phi) is 7.58. The Balaban J connectivity index is 2.08. The second kappa shape index (κ2) is 9.69. The first-order valence-electron chi connectivity index (χ1n) is 8.94. The van der Waals surface area contributed by atoms with E-state index >= 15 is 0 Å². The van der Waals surface area contributed by atoms with E-state index in [9.17, 15) is 17.6 Å². The van der Waals surface area contributed by atoms with Gasteiger partial charge in [-0.2, -0.15) is 4.72 Å². The number of ether oxygens (including phenoxy) is 1. The van der Waals surface area contributed by atoms with Crippen molar-refractivity contribution in [1.29, 1.82) is 0 Å². The minimum atomic E-state index is -4.24. The summed E-state index contributed by atoms with van der Waals surface area (Å²) in [6.07, 6.45) is 1.81. The molecule has 1 aromatic heterocycles. The van der Waals surface area contributed by atoms with E-state index in [2.05, 4.69) is 20.2 Å². The van der Waals surface area contributed by atoms with Crippen LogP contribution in [0.1, 0.15) is 39.4 Å². The van der Waals surface area contributed by atoms with Crippen molar-refractivity contribution in [3.8, 4) is 0 Å². The first kappa shape index (κ1) is 21.9. The average molecular weight is 413 g/mol. The lowest BCUT2D eigenvalue weighted by molar-refractivity contribution is -0.148. The summed E-state index contributed by atoms with van der Waals surface area (Å²) in [6.45, 7) is 5.73. The summed E-state index contributed by atoms with van der Waals surface area (Å²) in [7, 11) is -4.24. The maximum Gasteiger partial charge on any atom is 0.324 e.